The molecule has 0 spiro atoms. The first kappa shape index (κ1) is 7.87. The predicted octanol–water partition coefficient (Wildman–Crippen LogP) is -0.0816. The van der Waals surface area contributed by atoms with Crippen LogP contribution in [0.2, 0.25) is 0 Å². The molecule has 0 aliphatic carbocycles. The molecule has 0 fully saturated rings. The first-order valence-electron chi connectivity index (χ1n) is 2.44. The molecule has 0 aromatic rings. The first-order chi connectivity index (χ1) is 4.16. The van der Waals surface area contributed by atoms with Gasteiger partial charge >= 0.3 is 0 Å². The minimum absolute atomic E-state index is 0.576. The van der Waals surface area contributed by atoms with Crippen molar-refractivity contribution in [3.8, 4) is 0 Å². The zero-order chi connectivity index (χ0) is 7.28. The second-order valence-corrected chi connectivity index (χ2v) is 1.71. The lowest BCUT2D eigenvalue weighted by molar-refractivity contribution is -0.117. The molecule has 52 valence electrons. The van der Waals surface area contributed by atoms with E-state index in [1.807, 2.05) is 0 Å². The fourth-order valence-corrected chi connectivity index (χ4v) is 0.164. The van der Waals surface area contributed by atoms with E-state index in [1.165, 1.54) is 12.1 Å². The Balaban J connectivity index is 3.56. The number of amides is 1. The van der Waals surface area contributed by atoms with Crippen molar-refractivity contribution < 1.29 is 4.79 Å². The maximum absolute atomic E-state index is 9.87. The number of hydrogen-bond donors (Lipinski definition) is 0. The molecule has 0 radical (unpaired) electrons. The van der Waals surface area contributed by atoms with Gasteiger partial charge in [-0.15, -0.1) is 0 Å². The summed E-state index contributed by atoms with van der Waals surface area (Å²) in [6.07, 6.45) is 0.576. The topological polar surface area (TPSA) is 48.3 Å². The van der Waals surface area contributed by atoms with E-state index < -0.39 is 0 Å². The molecule has 0 aromatic heterocycles. The third-order valence-electron chi connectivity index (χ3n) is 0.513. The van der Waals surface area contributed by atoms with E-state index in [1.54, 1.807) is 14.1 Å². The van der Waals surface area contributed by atoms with Crippen LogP contribution in [0, 0.1) is 0 Å². The summed E-state index contributed by atoms with van der Waals surface area (Å²) in [5, 5.41) is 9.59. The van der Waals surface area contributed by atoms with E-state index in [2.05, 4.69) is 10.4 Å². The van der Waals surface area contributed by atoms with Crippen LogP contribution in [0.5, 0.6) is 0 Å². The van der Waals surface area contributed by atoms with Crippen LogP contribution in [0.1, 0.15) is 0 Å². The Morgan fingerprint density at radius 2 is 1.78 bits per heavy atom. The second kappa shape index (κ2) is 3.82. The number of carbonyl (C=O) groups is 1. The molecular formula is C4H10N4O. The van der Waals surface area contributed by atoms with Crippen LogP contribution in [-0.4, -0.2) is 37.6 Å². The van der Waals surface area contributed by atoms with Gasteiger partial charge in [0.05, 0.1) is 0 Å². The monoisotopic (exact) mass is 130 g/mol. The molecule has 0 atom stereocenters. The molecule has 0 aliphatic heterocycles. The fraction of sp³-hybridized carbons (Fsp3) is 0.750. The van der Waals surface area contributed by atoms with Crippen molar-refractivity contribution in [3.05, 3.63) is 0 Å². The van der Waals surface area contributed by atoms with Crippen LogP contribution in [0.25, 0.3) is 0 Å². The largest absolute Gasteiger partial charge is 0.283 e. The van der Waals surface area contributed by atoms with Gasteiger partial charge < -0.3 is 0 Å². The summed E-state index contributed by atoms with van der Waals surface area (Å²) in [4.78, 5) is 9.87. The molecule has 5 nitrogen and oxygen atoms in total. The van der Waals surface area contributed by atoms with Crippen LogP contribution in [0.15, 0.2) is 10.4 Å². The molecule has 0 heterocycles. The number of carbonyl (C=O) groups excluding carboxylic acids is 1. The molecule has 1 amide bonds. The summed E-state index contributed by atoms with van der Waals surface area (Å²) in [6, 6.07) is 0. The lowest BCUT2D eigenvalue weighted by Crippen LogP contribution is -2.09. The summed E-state index contributed by atoms with van der Waals surface area (Å²) in [5.74, 6) is 0. The minimum atomic E-state index is 0.576. The van der Waals surface area contributed by atoms with Crippen LogP contribution < -0.4 is 0 Å². The Kier molecular flexibility index (Phi) is 3.34. The highest BCUT2D eigenvalue weighted by Gasteiger charge is 1.84. The molecule has 0 rings (SSSR count). The van der Waals surface area contributed by atoms with Gasteiger partial charge in [0.15, 0.2) is 0 Å². The Morgan fingerprint density at radius 1 is 1.22 bits per heavy atom. The van der Waals surface area contributed by atoms with E-state index in [4.69, 9.17) is 0 Å². The van der Waals surface area contributed by atoms with Gasteiger partial charge in [0.25, 0.3) is 0 Å². The van der Waals surface area contributed by atoms with Crippen molar-refractivity contribution in [2.75, 3.05) is 21.1 Å². The van der Waals surface area contributed by atoms with E-state index >= 15 is 0 Å². The molecular weight excluding hydrogens is 120 g/mol. The van der Waals surface area contributed by atoms with Gasteiger partial charge in [0.2, 0.25) is 6.41 Å². The molecule has 5 heteroatoms. The molecule has 0 aromatic carbocycles. The van der Waals surface area contributed by atoms with Crippen molar-refractivity contribution in [2.24, 2.45) is 10.4 Å². The third-order valence-corrected chi connectivity index (χ3v) is 0.513. The number of hydrogen-bond acceptors (Lipinski definition) is 3. The Hall–Kier alpha value is -1.13. The fourth-order valence-electron chi connectivity index (χ4n) is 0.164. The van der Waals surface area contributed by atoms with Gasteiger partial charge in [-0.1, -0.05) is 5.22 Å². The predicted molar refractivity (Wildman–Crippen MR) is 32.4 cm³/mol. The lowest BCUT2D eigenvalue weighted by atomic mass is 11.1. The smallest absolute Gasteiger partial charge is 0.231 e. The molecule has 0 aliphatic rings. The van der Waals surface area contributed by atoms with Crippen LogP contribution in [-0.2, 0) is 4.79 Å². The average Bonchev–Trinajstić information content (AvgIpc) is 1.83. The maximum atomic E-state index is 9.87. The second-order valence-electron chi connectivity index (χ2n) is 1.71. The number of rotatable bonds is 3. The molecule has 9 heavy (non-hydrogen) atoms. The van der Waals surface area contributed by atoms with Gasteiger partial charge in [-0.25, -0.2) is 5.01 Å². The third kappa shape index (κ3) is 4.73. The lowest BCUT2D eigenvalue weighted by Gasteiger charge is -2.02. The SMILES string of the molecule is CN(C)/N=N/N(C)C=O. The number of nitrogens with zero attached hydrogens (tertiary/aromatic N) is 4. The molecule has 0 unspecified atom stereocenters. The van der Waals surface area contributed by atoms with Crippen molar-refractivity contribution in [1.29, 1.82) is 0 Å². The highest BCUT2D eigenvalue weighted by molar-refractivity contribution is 5.45. The van der Waals surface area contributed by atoms with E-state index in [-0.39, 0.29) is 0 Å². The normalized spacial score (nSPS) is 9.67. The first-order valence-corrected chi connectivity index (χ1v) is 2.44. The summed E-state index contributed by atoms with van der Waals surface area (Å²) in [5.41, 5.74) is 0. The summed E-state index contributed by atoms with van der Waals surface area (Å²) in [7, 11) is 4.96. The van der Waals surface area contributed by atoms with Crippen molar-refractivity contribution in [1.82, 2.24) is 10.0 Å². The van der Waals surface area contributed by atoms with Crippen LogP contribution in [0.3, 0.4) is 0 Å². The summed E-state index contributed by atoms with van der Waals surface area (Å²) in [6.45, 7) is 0. The zero-order valence-electron chi connectivity index (χ0n) is 5.77. The van der Waals surface area contributed by atoms with Crippen molar-refractivity contribution in [2.45, 2.75) is 0 Å². The van der Waals surface area contributed by atoms with Crippen LogP contribution in [0.4, 0.5) is 0 Å². The van der Waals surface area contributed by atoms with E-state index in [9.17, 15) is 4.79 Å². The van der Waals surface area contributed by atoms with E-state index in [0.29, 0.717) is 6.41 Å². The standard InChI is InChI=1S/C4H10N4O/c1-7(2)5-6-8(3)4-9/h4H,1-3H3/b6-5+. The van der Waals surface area contributed by atoms with E-state index in [0.717, 1.165) is 5.01 Å². The van der Waals surface area contributed by atoms with Gasteiger partial charge in [-0.05, 0) is 5.22 Å². The van der Waals surface area contributed by atoms with Crippen LogP contribution >= 0.6 is 0 Å². The molecule has 0 saturated heterocycles. The highest BCUT2D eigenvalue weighted by atomic mass is 16.1. The average molecular weight is 130 g/mol. The van der Waals surface area contributed by atoms with Gasteiger partial charge in [-0.2, -0.15) is 0 Å². The molecule has 0 saturated carbocycles. The quantitative estimate of drug-likeness (QED) is 0.305. The molecule has 0 bridgehead atoms. The van der Waals surface area contributed by atoms with Gasteiger partial charge in [0.1, 0.15) is 0 Å². The Labute approximate surface area is 53.9 Å². The summed E-state index contributed by atoms with van der Waals surface area (Å²) < 4.78 is 0. The molecule has 0 N–H and O–H groups in total. The Bertz CT molecular complexity index is 111. The minimum Gasteiger partial charge on any atom is -0.283 e. The van der Waals surface area contributed by atoms with Crippen molar-refractivity contribution in [3.63, 3.8) is 0 Å². The Morgan fingerprint density at radius 3 is 2.11 bits per heavy atom. The highest BCUT2D eigenvalue weighted by Crippen LogP contribution is 1.81. The van der Waals surface area contributed by atoms with Crippen molar-refractivity contribution >= 4 is 6.41 Å². The maximum Gasteiger partial charge on any atom is 0.231 e. The zero-order valence-corrected chi connectivity index (χ0v) is 5.77. The summed E-state index contributed by atoms with van der Waals surface area (Å²) >= 11 is 0. The van der Waals surface area contributed by atoms with Gasteiger partial charge in [-0.3, -0.25) is 9.80 Å². The van der Waals surface area contributed by atoms with Gasteiger partial charge in [0, 0.05) is 21.1 Å².